The summed E-state index contributed by atoms with van der Waals surface area (Å²) in [6, 6.07) is 16.2. The smallest absolute Gasteiger partial charge is 0.355 e. The van der Waals surface area contributed by atoms with Crippen LogP contribution in [-0.4, -0.2) is 31.1 Å². The Hall–Kier alpha value is -4.35. The number of nitrogens with two attached hydrogens (primary N) is 1. The molecule has 0 saturated carbocycles. The third kappa shape index (κ3) is 4.28. The number of pyridine rings is 1. The van der Waals surface area contributed by atoms with Crippen molar-refractivity contribution in [1.82, 2.24) is 4.98 Å². The number of esters is 2. The number of carbonyl (C=O) groups is 2. The highest BCUT2D eigenvalue weighted by molar-refractivity contribution is 6.36. The van der Waals surface area contributed by atoms with Gasteiger partial charge >= 0.3 is 11.9 Å². The van der Waals surface area contributed by atoms with E-state index in [1.54, 1.807) is 48.5 Å². The van der Waals surface area contributed by atoms with Gasteiger partial charge in [-0.2, -0.15) is 5.26 Å². The minimum atomic E-state index is -0.941. The van der Waals surface area contributed by atoms with Gasteiger partial charge in [0.25, 0.3) is 0 Å². The van der Waals surface area contributed by atoms with Gasteiger partial charge < -0.3 is 15.2 Å². The number of nitriles is 1. The Morgan fingerprint density at radius 3 is 2.41 bits per heavy atom. The summed E-state index contributed by atoms with van der Waals surface area (Å²) in [5.74, 6) is -2.56. The molecule has 188 valence electrons. The van der Waals surface area contributed by atoms with Crippen LogP contribution in [0, 0.1) is 18.3 Å². The number of methoxy groups -OCH3 is 2. The van der Waals surface area contributed by atoms with E-state index in [0.29, 0.717) is 33.6 Å². The second-order valence-electron chi connectivity index (χ2n) is 8.38. The fraction of sp³-hybridized carbons (Fsp3) is 0.214. The fourth-order valence-corrected chi connectivity index (χ4v) is 5.12. The lowest BCUT2D eigenvalue weighted by Gasteiger charge is -2.36. The Balaban J connectivity index is 2.08. The van der Waals surface area contributed by atoms with Gasteiger partial charge in [-0.05, 0) is 42.7 Å². The van der Waals surface area contributed by atoms with Crippen LogP contribution in [0.2, 0.25) is 5.02 Å². The highest BCUT2D eigenvalue weighted by Crippen LogP contribution is 2.44. The number of hydrogen-bond acceptors (Lipinski definition) is 8. The van der Waals surface area contributed by atoms with Gasteiger partial charge in [-0.1, -0.05) is 48.9 Å². The Morgan fingerprint density at radius 1 is 1.14 bits per heavy atom. The van der Waals surface area contributed by atoms with Crippen LogP contribution >= 0.6 is 11.6 Å². The maximum absolute atomic E-state index is 13.2. The molecule has 2 N–H and O–H groups in total. The maximum Gasteiger partial charge on any atom is 0.355 e. The number of ether oxygens (including phenoxy) is 2. The Morgan fingerprint density at radius 2 is 1.81 bits per heavy atom. The summed E-state index contributed by atoms with van der Waals surface area (Å²) in [5, 5.41) is 11.4. The normalized spacial score (nSPS) is 15.6. The van der Waals surface area contributed by atoms with Crippen molar-refractivity contribution in [3.05, 3.63) is 93.0 Å². The molecule has 0 saturated heterocycles. The number of aromatic nitrogens is 1. The summed E-state index contributed by atoms with van der Waals surface area (Å²) in [6.07, 6.45) is 0.681. The summed E-state index contributed by atoms with van der Waals surface area (Å²) >= 11 is 6.75. The largest absolute Gasteiger partial charge is 0.466 e. The molecule has 9 heteroatoms. The first-order chi connectivity index (χ1) is 17.8. The predicted octanol–water partition coefficient (Wildman–Crippen LogP) is 4.66. The number of anilines is 1. The molecule has 1 atom stereocenters. The molecular weight excluding hydrogens is 492 g/mol. The van der Waals surface area contributed by atoms with Gasteiger partial charge in [-0.3, -0.25) is 9.88 Å². The molecule has 37 heavy (non-hydrogen) atoms. The number of aryl methyl sites for hydroxylation is 1. The number of fused-ring (bicyclic) bond motifs is 1. The van der Waals surface area contributed by atoms with Crippen LogP contribution in [0.25, 0.3) is 10.9 Å². The first-order valence-corrected chi connectivity index (χ1v) is 11.9. The van der Waals surface area contributed by atoms with E-state index in [1.807, 2.05) is 13.8 Å². The van der Waals surface area contributed by atoms with Crippen molar-refractivity contribution in [2.75, 3.05) is 19.1 Å². The average molecular weight is 517 g/mol. The van der Waals surface area contributed by atoms with Crippen LogP contribution in [0.1, 0.15) is 29.7 Å². The molecule has 3 aromatic rings. The van der Waals surface area contributed by atoms with Crippen molar-refractivity contribution in [1.29, 1.82) is 5.26 Å². The quantitative estimate of drug-likeness (QED) is 0.486. The first-order valence-electron chi connectivity index (χ1n) is 11.5. The van der Waals surface area contributed by atoms with Crippen molar-refractivity contribution in [2.45, 2.75) is 26.2 Å². The van der Waals surface area contributed by atoms with Crippen molar-refractivity contribution >= 4 is 40.1 Å². The number of allylic oxidation sites excluding steroid dienone is 1. The molecule has 2 aromatic carbocycles. The Kier molecular flexibility index (Phi) is 7.18. The van der Waals surface area contributed by atoms with E-state index in [4.69, 9.17) is 26.8 Å². The first kappa shape index (κ1) is 25.7. The molecule has 0 radical (unpaired) electrons. The van der Waals surface area contributed by atoms with Crippen LogP contribution in [0.5, 0.6) is 0 Å². The summed E-state index contributed by atoms with van der Waals surface area (Å²) < 4.78 is 10.2. The van der Waals surface area contributed by atoms with Crippen LogP contribution in [0.4, 0.5) is 5.69 Å². The second kappa shape index (κ2) is 10.3. The van der Waals surface area contributed by atoms with E-state index in [-0.39, 0.29) is 22.7 Å². The van der Waals surface area contributed by atoms with Crippen molar-refractivity contribution in [3.63, 3.8) is 0 Å². The maximum atomic E-state index is 13.2. The molecule has 1 aromatic heterocycles. The van der Waals surface area contributed by atoms with Crippen molar-refractivity contribution < 1.29 is 19.1 Å². The number of carbonyl (C=O) groups excluding carboxylic acids is 2. The molecule has 2 heterocycles. The molecule has 0 spiro atoms. The van der Waals surface area contributed by atoms with Gasteiger partial charge in [-0.25, -0.2) is 9.59 Å². The molecule has 0 amide bonds. The van der Waals surface area contributed by atoms with Gasteiger partial charge in [0.1, 0.15) is 11.5 Å². The van der Waals surface area contributed by atoms with E-state index in [0.717, 1.165) is 11.3 Å². The monoisotopic (exact) mass is 516 g/mol. The second-order valence-corrected chi connectivity index (χ2v) is 8.76. The average Bonchev–Trinajstić information content (AvgIpc) is 2.92. The SMILES string of the molecule is CCc1c(C)nc2ccc(N3C(N)=C(C#N)C(c4ccccc4)C(C(=O)OC)=C3C(=O)OC)cc2c1Cl. The topological polar surface area (TPSA) is 119 Å². The van der Waals surface area contributed by atoms with Crippen LogP contribution in [-0.2, 0) is 25.5 Å². The lowest BCUT2D eigenvalue weighted by atomic mass is 9.81. The molecule has 0 aliphatic carbocycles. The van der Waals surface area contributed by atoms with Crippen LogP contribution in [0.3, 0.4) is 0 Å². The molecule has 1 unspecified atom stereocenters. The zero-order valence-electron chi connectivity index (χ0n) is 20.8. The molecule has 8 nitrogen and oxygen atoms in total. The van der Waals surface area contributed by atoms with E-state index in [2.05, 4.69) is 11.1 Å². The minimum absolute atomic E-state index is 0.0179. The van der Waals surface area contributed by atoms with Gasteiger partial charge in [0, 0.05) is 16.8 Å². The molecule has 0 bridgehead atoms. The number of hydrogen-bond donors (Lipinski definition) is 1. The molecular formula is C28H25ClN4O4. The van der Waals surface area contributed by atoms with Gasteiger partial charge in [0.15, 0.2) is 0 Å². The lowest BCUT2D eigenvalue weighted by molar-refractivity contribution is -0.139. The van der Waals surface area contributed by atoms with E-state index >= 15 is 0 Å². The van der Waals surface area contributed by atoms with Gasteiger partial charge in [0.2, 0.25) is 0 Å². The number of halogens is 1. The zero-order chi connectivity index (χ0) is 26.9. The number of nitrogens with zero attached hydrogens (tertiary/aromatic N) is 3. The highest BCUT2D eigenvalue weighted by Gasteiger charge is 2.43. The Bertz CT molecular complexity index is 1520. The third-order valence-corrected chi connectivity index (χ3v) is 6.86. The zero-order valence-corrected chi connectivity index (χ0v) is 21.6. The summed E-state index contributed by atoms with van der Waals surface area (Å²) in [7, 11) is 2.41. The minimum Gasteiger partial charge on any atom is -0.466 e. The van der Waals surface area contributed by atoms with E-state index in [9.17, 15) is 14.9 Å². The Labute approximate surface area is 219 Å². The van der Waals surface area contributed by atoms with E-state index < -0.39 is 17.9 Å². The number of rotatable bonds is 5. The summed E-state index contributed by atoms with van der Waals surface area (Å²) in [5.41, 5.74) is 9.83. The predicted molar refractivity (Wildman–Crippen MR) is 140 cm³/mol. The highest BCUT2D eigenvalue weighted by atomic mass is 35.5. The standard InChI is InChI=1S/C28H25ClN4O4/c1-5-18-15(2)32-21-12-11-17(13-19(21)24(18)29)33-25(28(35)37-4)23(27(34)36-3)22(20(14-30)26(33)31)16-9-7-6-8-10-16/h6-13,22H,5,31H2,1-4H3. The molecule has 0 fully saturated rings. The van der Waals surface area contributed by atoms with E-state index in [1.165, 1.54) is 19.1 Å². The van der Waals surface area contributed by atoms with Gasteiger partial charge in [0.05, 0.1) is 47.9 Å². The van der Waals surface area contributed by atoms with Crippen LogP contribution in [0.15, 0.2) is 71.2 Å². The fourth-order valence-electron chi connectivity index (χ4n) is 4.70. The van der Waals surface area contributed by atoms with Gasteiger partial charge in [-0.15, -0.1) is 0 Å². The van der Waals surface area contributed by atoms with Crippen molar-refractivity contribution in [3.8, 4) is 6.07 Å². The molecule has 4 rings (SSSR count). The summed E-state index contributed by atoms with van der Waals surface area (Å²) in [6.45, 7) is 3.88. The lowest BCUT2D eigenvalue weighted by Crippen LogP contribution is -2.40. The summed E-state index contributed by atoms with van der Waals surface area (Å²) in [4.78, 5) is 32.4. The number of benzene rings is 2. The van der Waals surface area contributed by atoms with Crippen LogP contribution < -0.4 is 10.6 Å². The third-order valence-electron chi connectivity index (χ3n) is 6.43. The van der Waals surface area contributed by atoms with Crippen molar-refractivity contribution in [2.24, 2.45) is 5.73 Å². The molecule has 1 aliphatic rings. The molecule has 1 aliphatic heterocycles.